The van der Waals surface area contributed by atoms with Crippen molar-refractivity contribution in [1.82, 2.24) is 0 Å². The minimum Gasteiger partial charge on any atom is -0.389 e. The normalized spacial score (nSPS) is 16.6. The van der Waals surface area contributed by atoms with E-state index in [4.69, 9.17) is 18.0 Å². The highest BCUT2D eigenvalue weighted by molar-refractivity contribution is 7.80. The molecule has 0 bridgehead atoms. The van der Waals surface area contributed by atoms with Crippen LogP contribution in [0.4, 0.5) is 5.69 Å². The molecule has 1 aromatic carbocycles. The average Bonchev–Trinajstić information content (AvgIpc) is 2.38. The van der Waals surface area contributed by atoms with E-state index in [1.54, 1.807) is 0 Å². The molecule has 2 rings (SSSR count). The lowest BCUT2D eigenvalue weighted by molar-refractivity contribution is 0.427. The lowest BCUT2D eigenvalue weighted by Crippen LogP contribution is -2.33. The molecule has 0 heterocycles. The summed E-state index contributed by atoms with van der Waals surface area (Å²) < 4.78 is 0. The van der Waals surface area contributed by atoms with Crippen LogP contribution >= 0.6 is 12.2 Å². The van der Waals surface area contributed by atoms with E-state index in [2.05, 4.69) is 31.0 Å². The Hall–Kier alpha value is -1.09. The van der Waals surface area contributed by atoms with E-state index < -0.39 is 0 Å². The van der Waals surface area contributed by atoms with E-state index in [-0.39, 0.29) is 0 Å². The molecular formula is C15H22N2S. The van der Waals surface area contributed by atoms with Gasteiger partial charge in [-0.1, -0.05) is 31.5 Å². The van der Waals surface area contributed by atoms with Crippen LogP contribution in [0.2, 0.25) is 0 Å². The van der Waals surface area contributed by atoms with Gasteiger partial charge in [-0.25, -0.2) is 0 Å². The first-order chi connectivity index (χ1) is 8.59. The van der Waals surface area contributed by atoms with Crippen LogP contribution in [0.5, 0.6) is 0 Å². The van der Waals surface area contributed by atoms with Crippen molar-refractivity contribution < 1.29 is 0 Å². The average molecular weight is 262 g/mol. The van der Waals surface area contributed by atoms with Crippen LogP contribution < -0.4 is 10.6 Å². The summed E-state index contributed by atoms with van der Waals surface area (Å²) in [7, 11) is 2.20. The van der Waals surface area contributed by atoms with Crippen molar-refractivity contribution in [2.24, 2.45) is 5.73 Å². The van der Waals surface area contributed by atoms with Crippen molar-refractivity contribution >= 4 is 22.9 Å². The minimum atomic E-state index is 0.486. The Morgan fingerprint density at radius 1 is 1.28 bits per heavy atom. The summed E-state index contributed by atoms with van der Waals surface area (Å²) in [4.78, 5) is 2.90. The predicted molar refractivity (Wildman–Crippen MR) is 82.3 cm³/mol. The summed E-state index contributed by atoms with van der Waals surface area (Å²) in [5, 5.41) is 0. The van der Waals surface area contributed by atoms with Crippen LogP contribution in [0.3, 0.4) is 0 Å². The van der Waals surface area contributed by atoms with Crippen LogP contribution in [0.25, 0.3) is 0 Å². The van der Waals surface area contributed by atoms with Crippen molar-refractivity contribution in [2.45, 2.75) is 45.1 Å². The summed E-state index contributed by atoms with van der Waals surface area (Å²) in [5.74, 6) is 0. The van der Waals surface area contributed by atoms with Gasteiger partial charge in [0.05, 0.1) is 0 Å². The fourth-order valence-electron chi connectivity index (χ4n) is 2.82. The Morgan fingerprint density at radius 2 is 1.94 bits per heavy atom. The van der Waals surface area contributed by atoms with Crippen LogP contribution in [0.15, 0.2) is 18.2 Å². The second kappa shape index (κ2) is 5.70. The zero-order valence-corrected chi connectivity index (χ0v) is 12.1. The van der Waals surface area contributed by atoms with Gasteiger partial charge in [0.15, 0.2) is 0 Å². The Balaban J connectivity index is 2.17. The molecule has 0 aliphatic heterocycles. The highest BCUT2D eigenvalue weighted by Crippen LogP contribution is 2.27. The van der Waals surface area contributed by atoms with Crippen molar-refractivity contribution in [3.05, 3.63) is 29.3 Å². The number of aryl methyl sites for hydroxylation is 1. The molecule has 1 saturated carbocycles. The van der Waals surface area contributed by atoms with E-state index in [1.807, 2.05) is 6.07 Å². The lowest BCUT2D eigenvalue weighted by Gasteiger charge is -2.33. The van der Waals surface area contributed by atoms with E-state index in [0.717, 1.165) is 5.56 Å². The Morgan fingerprint density at radius 3 is 2.50 bits per heavy atom. The standard InChI is InChI=1S/C15H22N2S/c1-11-10-13(8-9-14(11)15(16)18)17(2)12-6-4-3-5-7-12/h8-10,12H,3-7H2,1-2H3,(H2,16,18). The highest BCUT2D eigenvalue weighted by Gasteiger charge is 2.18. The first kappa shape index (κ1) is 13.3. The molecule has 0 amide bonds. The molecule has 0 saturated heterocycles. The smallest absolute Gasteiger partial charge is 0.104 e. The molecule has 2 N–H and O–H groups in total. The number of thiocarbonyl (C=S) groups is 1. The number of nitrogens with two attached hydrogens (primary N) is 1. The Bertz CT molecular complexity index is 436. The van der Waals surface area contributed by atoms with Crippen molar-refractivity contribution in [3.8, 4) is 0 Å². The predicted octanol–water partition coefficient (Wildman–Crippen LogP) is 3.40. The van der Waals surface area contributed by atoms with Crippen LogP contribution in [0.1, 0.15) is 43.2 Å². The molecule has 0 unspecified atom stereocenters. The van der Waals surface area contributed by atoms with E-state index in [0.29, 0.717) is 11.0 Å². The maximum absolute atomic E-state index is 5.70. The SMILES string of the molecule is Cc1cc(N(C)C2CCCCC2)ccc1C(N)=S. The Kier molecular flexibility index (Phi) is 4.23. The van der Waals surface area contributed by atoms with E-state index in [1.165, 1.54) is 43.4 Å². The summed E-state index contributed by atoms with van der Waals surface area (Å²) >= 11 is 5.05. The van der Waals surface area contributed by atoms with Crippen molar-refractivity contribution in [2.75, 3.05) is 11.9 Å². The third-order valence-electron chi connectivity index (χ3n) is 4.01. The number of benzene rings is 1. The van der Waals surface area contributed by atoms with Crippen LogP contribution in [-0.2, 0) is 0 Å². The summed E-state index contributed by atoms with van der Waals surface area (Å²) in [6, 6.07) is 7.07. The topological polar surface area (TPSA) is 29.3 Å². The molecule has 1 fully saturated rings. The van der Waals surface area contributed by atoms with Gasteiger partial charge in [0.2, 0.25) is 0 Å². The summed E-state index contributed by atoms with van der Waals surface area (Å²) in [6.07, 6.45) is 6.74. The molecule has 1 aromatic rings. The highest BCUT2D eigenvalue weighted by atomic mass is 32.1. The number of nitrogens with zero attached hydrogens (tertiary/aromatic N) is 1. The molecule has 3 heteroatoms. The summed E-state index contributed by atoms with van der Waals surface area (Å²) in [6.45, 7) is 2.08. The van der Waals surface area contributed by atoms with Gasteiger partial charge < -0.3 is 10.6 Å². The zero-order chi connectivity index (χ0) is 13.1. The van der Waals surface area contributed by atoms with Crippen LogP contribution in [0, 0.1) is 6.92 Å². The second-order valence-electron chi connectivity index (χ2n) is 5.27. The van der Waals surface area contributed by atoms with Crippen molar-refractivity contribution in [1.29, 1.82) is 0 Å². The van der Waals surface area contributed by atoms with Crippen molar-refractivity contribution in [3.63, 3.8) is 0 Å². The van der Waals surface area contributed by atoms with Gasteiger partial charge >= 0.3 is 0 Å². The van der Waals surface area contributed by atoms with Crippen LogP contribution in [-0.4, -0.2) is 18.1 Å². The molecular weight excluding hydrogens is 240 g/mol. The molecule has 0 atom stereocenters. The van der Waals surface area contributed by atoms with E-state index in [9.17, 15) is 0 Å². The molecule has 2 nitrogen and oxygen atoms in total. The molecule has 1 aliphatic carbocycles. The van der Waals surface area contributed by atoms with Gasteiger partial charge in [0.1, 0.15) is 4.99 Å². The molecule has 0 radical (unpaired) electrons. The van der Waals surface area contributed by atoms with Gasteiger partial charge in [-0.2, -0.15) is 0 Å². The fraction of sp³-hybridized carbons (Fsp3) is 0.533. The Labute approximate surface area is 115 Å². The third kappa shape index (κ3) is 2.83. The molecule has 1 aliphatic rings. The third-order valence-corrected chi connectivity index (χ3v) is 4.23. The number of hydrogen-bond acceptors (Lipinski definition) is 2. The number of anilines is 1. The lowest BCUT2D eigenvalue weighted by atomic mass is 9.94. The molecule has 0 spiro atoms. The maximum Gasteiger partial charge on any atom is 0.104 e. The monoisotopic (exact) mass is 262 g/mol. The fourth-order valence-corrected chi connectivity index (χ4v) is 3.05. The number of hydrogen-bond donors (Lipinski definition) is 1. The molecule has 18 heavy (non-hydrogen) atoms. The van der Waals surface area contributed by atoms with Gasteiger partial charge in [-0.05, 0) is 43.5 Å². The molecule has 0 aromatic heterocycles. The number of rotatable bonds is 3. The largest absolute Gasteiger partial charge is 0.389 e. The minimum absolute atomic E-state index is 0.486. The first-order valence-electron chi connectivity index (χ1n) is 6.73. The van der Waals surface area contributed by atoms with Gasteiger partial charge in [-0.15, -0.1) is 0 Å². The quantitative estimate of drug-likeness (QED) is 0.847. The van der Waals surface area contributed by atoms with Gasteiger partial charge in [-0.3, -0.25) is 0 Å². The maximum atomic E-state index is 5.70. The zero-order valence-electron chi connectivity index (χ0n) is 11.3. The summed E-state index contributed by atoms with van der Waals surface area (Å²) in [5.41, 5.74) is 9.14. The van der Waals surface area contributed by atoms with Gasteiger partial charge in [0, 0.05) is 24.3 Å². The van der Waals surface area contributed by atoms with E-state index >= 15 is 0 Å². The molecule has 98 valence electrons. The first-order valence-corrected chi connectivity index (χ1v) is 7.13. The second-order valence-corrected chi connectivity index (χ2v) is 5.71. The van der Waals surface area contributed by atoms with Gasteiger partial charge in [0.25, 0.3) is 0 Å².